The fraction of sp³-hybridized carbons (Fsp3) is 0.577. The third-order valence-corrected chi connectivity index (χ3v) is 5.66. The van der Waals surface area contributed by atoms with E-state index in [0.717, 1.165) is 0 Å². The number of benzene rings is 1. The topological polar surface area (TPSA) is 128 Å². The molecule has 0 radical (unpaired) electrons. The van der Waals surface area contributed by atoms with Gasteiger partial charge < -0.3 is 30.5 Å². The first-order valence-electron chi connectivity index (χ1n) is 11.6. The molecular formula is C26H37N3O6. The number of aromatic hydroxyl groups is 1. The fourth-order valence-corrected chi connectivity index (χ4v) is 3.93. The number of rotatable bonds is 5. The first kappa shape index (κ1) is 28.0. The van der Waals surface area contributed by atoms with Gasteiger partial charge in [0.2, 0.25) is 11.8 Å². The van der Waals surface area contributed by atoms with Gasteiger partial charge in [0, 0.05) is 24.1 Å². The Kier molecular flexibility index (Phi) is 8.45. The molecule has 1 aliphatic rings. The molecule has 4 N–H and O–H groups in total. The molecular weight excluding hydrogens is 450 g/mol. The van der Waals surface area contributed by atoms with E-state index in [-0.39, 0.29) is 18.7 Å². The number of phenolic OH excluding ortho intramolecular Hbond substituents is 1. The highest BCUT2D eigenvalue weighted by Crippen LogP contribution is 2.28. The van der Waals surface area contributed by atoms with Gasteiger partial charge in [-0.15, -0.1) is 6.42 Å². The second-order valence-corrected chi connectivity index (χ2v) is 11.0. The van der Waals surface area contributed by atoms with Gasteiger partial charge in [-0.1, -0.05) is 32.8 Å². The predicted octanol–water partition coefficient (Wildman–Crippen LogP) is 2.45. The number of nitrogens with zero attached hydrogens (tertiary/aromatic N) is 1. The van der Waals surface area contributed by atoms with Crippen LogP contribution in [-0.2, 0) is 14.3 Å². The Morgan fingerprint density at radius 2 is 1.80 bits per heavy atom. The van der Waals surface area contributed by atoms with Gasteiger partial charge in [0.1, 0.15) is 23.4 Å². The summed E-state index contributed by atoms with van der Waals surface area (Å²) >= 11 is 0. The van der Waals surface area contributed by atoms with Gasteiger partial charge in [0.25, 0.3) is 0 Å². The van der Waals surface area contributed by atoms with Gasteiger partial charge in [-0.3, -0.25) is 9.59 Å². The number of aliphatic hydroxyl groups excluding tert-OH is 1. The number of likely N-dealkylation sites (tertiary alicyclic amines) is 1. The van der Waals surface area contributed by atoms with Crippen molar-refractivity contribution in [1.82, 2.24) is 15.5 Å². The molecule has 1 aromatic carbocycles. The molecule has 0 spiro atoms. The summed E-state index contributed by atoms with van der Waals surface area (Å²) in [5.41, 5.74) is -0.471. The molecule has 9 nitrogen and oxygen atoms in total. The molecule has 0 bridgehead atoms. The van der Waals surface area contributed by atoms with E-state index in [0.29, 0.717) is 11.1 Å². The molecule has 1 heterocycles. The van der Waals surface area contributed by atoms with Crippen LogP contribution in [0, 0.1) is 17.8 Å². The number of amides is 3. The number of hydrogen-bond acceptors (Lipinski definition) is 6. The van der Waals surface area contributed by atoms with E-state index in [1.807, 2.05) is 0 Å². The molecule has 2 rings (SSSR count). The lowest BCUT2D eigenvalue weighted by Gasteiger charge is -2.35. The first-order chi connectivity index (χ1) is 16.0. The molecule has 9 heteroatoms. The van der Waals surface area contributed by atoms with Crippen molar-refractivity contribution < 1.29 is 29.3 Å². The Morgan fingerprint density at radius 3 is 2.31 bits per heavy atom. The minimum Gasteiger partial charge on any atom is -0.508 e. The molecule has 2 unspecified atom stereocenters. The maximum Gasteiger partial charge on any atom is 0.408 e. The summed E-state index contributed by atoms with van der Waals surface area (Å²) in [6.45, 7) is 12.2. The molecule has 1 aromatic rings. The molecule has 0 saturated carbocycles. The number of alkyl carbamates (subject to hydrolysis) is 1. The summed E-state index contributed by atoms with van der Waals surface area (Å²) in [6.07, 6.45) is 3.77. The number of β-amino-alcohol motifs (C(OH)–C–C–N with tert-alkyl or cyclic N) is 1. The van der Waals surface area contributed by atoms with Gasteiger partial charge in [-0.25, -0.2) is 4.79 Å². The van der Waals surface area contributed by atoms with Crippen LogP contribution in [0.4, 0.5) is 4.79 Å². The third kappa shape index (κ3) is 7.36. The van der Waals surface area contributed by atoms with Crippen LogP contribution >= 0.6 is 0 Å². The Morgan fingerprint density at radius 1 is 1.17 bits per heavy atom. The highest BCUT2D eigenvalue weighted by Gasteiger charge is 2.45. The van der Waals surface area contributed by atoms with Crippen molar-refractivity contribution in [3.05, 3.63) is 29.3 Å². The second-order valence-electron chi connectivity index (χ2n) is 11.0. The largest absolute Gasteiger partial charge is 0.508 e. The summed E-state index contributed by atoms with van der Waals surface area (Å²) in [7, 11) is 0. The van der Waals surface area contributed by atoms with Crippen LogP contribution in [0.15, 0.2) is 18.2 Å². The number of ether oxygens (including phenoxy) is 1. The zero-order valence-electron chi connectivity index (χ0n) is 21.5. The molecule has 0 aromatic heterocycles. The van der Waals surface area contributed by atoms with Crippen molar-refractivity contribution in [3.63, 3.8) is 0 Å². The molecule has 0 aliphatic carbocycles. The number of aliphatic hydroxyl groups is 1. The summed E-state index contributed by atoms with van der Waals surface area (Å²) in [4.78, 5) is 40.4. The molecule has 1 aliphatic heterocycles. The van der Waals surface area contributed by atoms with Gasteiger partial charge >= 0.3 is 6.09 Å². The minimum atomic E-state index is -0.990. The van der Waals surface area contributed by atoms with E-state index in [1.165, 1.54) is 11.0 Å². The molecule has 1 saturated heterocycles. The second kappa shape index (κ2) is 10.6. The highest BCUT2D eigenvalue weighted by molar-refractivity contribution is 5.92. The van der Waals surface area contributed by atoms with Crippen molar-refractivity contribution in [2.45, 2.75) is 84.7 Å². The average molecular weight is 488 g/mol. The summed E-state index contributed by atoms with van der Waals surface area (Å²) in [5, 5.41) is 26.0. The van der Waals surface area contributed by atoms with E-state index in [4.69, 9.17) is 11.2 Å². The maximum atomic E-state index is 13.5. The Bertz CT molecular complexity index is 1000. The van der Waals surface area contributed by atoms with E-state index in [1.54, 1.807) is 60.6 Å². The average Bonchev–Trinajstić information content (AvgIpc) is 3.11. The number of hydrogen-bond donors (Lipinski definition) is 4. The fourth-order valence-electron chi connectivity index (χ4n) is 3.93. The van der Waals surface area contributed by atoms with Crippen molar-refractivity contribution >= 4 is 17.9 Å². The lowest BCUT2D eigenvalue weighted by atomic mass is 9.85. The molecule has 192 valence electrons. The standard InChI is InChI=1S/C26H37N3O6/c1-9-16-10-11-18(20(31)12-16)15(2)27-22(32)19-13-17(30)14-29(19)23(33)21(25(3,4)5)28-24(34)35-26(6,7)8/h1,10-12,15,17,19,21,30-31H,13-14H2,2-8H3,(H,27,32)(H,28,34)/t15?,17-,19+,21?/m1/s1. The van der Waals surface area contributed by atoms with Crippen LogP contribution < -0.4 is 10.6 Å². The quantitative estimate of drug-likeness (QED) is 0.473. The van der Waals surface area contributed by atoms with Gasteiger partial charge in [-0.05, 0) is 45.2 Å². The Hall–Kier alpha value is -3.25. The minimum absolute atomic E-state index is 0.0456. The third-order valence-electron chi connectivity index (χ3n) is 5.66. The van der Waals surface area contributed by atoms with E-state index < -0.39 is 53.2 Å². The number of terminal acetylenes is 1. The predicted molar refractivity (Wildman–Crippen MR) is 131 cm³/mol. The van der Waals surface area contributed by atoms with Gasteiger partial charge in [0.15, 0.2) is 0 Å². The van der Waals surface area contributed by atoms with Crippen molar-refractivity contribution in [1.29, 1.82) is 0 Å². The Balaban J connectivity index is 2.22. The molecule has 3 amide bonds. The highest BCUT2D eigenvalue weighted by atomic mass is 16.6. The normalized spacial score (nSPS) is 19.9. The van der Waals surface area contributed by atoms with Crippen LogP contribution in [0.25, 0.3) is 0 Å². The van der Waals surface area contributed by atoms with Gasteiger partial charge in [-0.2, -0.15) is 0 Å². The van der Waals surface area contributed by atoms with Crippen LogP contribution in [0.1, 0.15) is 72.1 Å². The number of carbonyl (C=O) groups is 3. The number of nitrogens with one attached hydrogen (secondary N) is 2. The lowest BCUT2D eigenvalue weighted by Crippen LogP contribution is -2.58. The van der Waals surface area contributed by atoms with Crippen molar-refractivity contribution in [3.8, 4) is 18.1 Å². The summed E-state index contributed by atoms with van der Waals surface area (Å²) in [5.74, 6) is 1.41. The molecule has 1 fully saturated rings. The monoisotopic (exact) mass is 487 g/mol. The zero-order valence-corrected chi connectivity index (χ0v) is 21.5. The van der Waals surface area contributed by atoms with Crippen LogP contribution in [0.3, 0.4) is 0 Å². The van der Waals surface area contributed by atoms with E-state index >= 15 is 0 Å². The first-order valence-corrected chi connectivity index (χ1v) is 11.6. The summed E-state index contributed by atoms with van der Waals surface area (Å²) in [6, 6.07) is 2.20. The van der Waals surface area contributed by atoms with Crippen molar-refractivity contribution in [2.75, 3.05) is 6.54 Å². The summed E-state index contributed by atoms with van der Waals surface area (Å²) < 4.78 is 5.32. The van der Waals surface area contributed by atoms with Crippen LogP contribution in [0.5, 0.6) is 5.75 Å². The van der Waals surface area contributed by atoms with Crippen molar-refractivity contribution in [2.24, 2.45) is 5.41 Å². The molecule has 4 atom stereocenters. The lowest BCUT2D eigenvalue weighted by molar-refractivity contribution is -0.142. The smallest absolute Gasteiger partial charge is 0.408 e. The number of carbonyl (C=O) groups excluding carboxylic acids is 3. The van der Waals surface area contributed by atoms with Crippen LogP contribution in [0.2, 0.25) is 0 Å². The zero-order chi connectivity index (χ0) is 26.7. The Labute approximate surface area is 207 Å². The number of phenols is 1. The van der Waals surface area contributed by atoms with E-state index in [9.17, 15) is 24.6 Å². The van der Waals surface area contributed by atoms with Gasteiger partial charge in [0.05, 0.1) is 12.1 Å². The maximum absolute atomic E-state index is 13.5. The van der Waals surface area contributed by atoms with Crippen LogP contribution in [-0.4, -0.2) is 63.4 Å². The molecule has 35 heavy (non-hydrogen) atoms. The van der Waals surface area contributed by atoms with E-state index in [2.05, 4.69) is 16.6 Å². The SMILES string of the molecule is C#Cc1ccc(C(C)NC(=O)[C@@H]2C[C@@H](O)CN2C(=O)C(NC(=O)OC(C)(C)C)C(C)(C)C)c(O)c1.